The highest BCUT2D eigenvalue weighted by atomic mass is 35.5. The summed E-state index contributed by atoms with van der Waals surface area (Å²) in [6.07, 6.45) is 0. The molecule has 0 amide bonds. The van der Waals surface area contributed by atoms with Crippen LogP contribution in [0.15, 0.2) is 42.5 Å². The standard InChI is InChI=1S/C16H17ClN2O2/c1-11(2)13-8-6-12(7-9-13)10-18-15-5-3-4-14(17)16(15)19(20)21/h3-9,11,18H,10H2,1-2H3. The Morgan fingerprint density at radius 1 is 1.19 bits per heavy atom. The fraction of sp³-hybridized carbons (Fsp3) is 0.250. The Hall–Kier alpha value is -2.07. The highest BCUT2D eigenvalue weighted by molar-refractivity contribution is 6.33. The molecule has 0 aliphatic rings. The fourth-order valence-corrected chi connectivity index (χ4v) is 2.30. The molecule has 110 valence electrons. The van der Waals surface area contributed by atoms with Gasteiger partial charge in [0.05, 0.1) is 4.92 Å². The maximum atomic E-state index is 11.1. The topological polar surface area (TPSA) is 55.2 Å². The number of rotatable bonds is 5. The minimum Gasteiger partial charge on any atom is -0.375 e. The molecule has 2 aromatic carbocycles. The lowest BCUT2D eigenvalue weighted by Crippen LogP contribution is -2.03. The number of para-hydroxylation sites is 1. The molecule has 0 aliphatic heterocycles. The zero-order valence-corrected chi connectivity index (χ0v) is 12.7. The van der Waals surface area contributed by atoms with Crippen LogP contribution in [0.5, 0.6) is 0 Å². The number of benzene rings is 2. The third-order valence-electron chi connectivity index (χ3n) is 3.30. The van der Waals surface area contributed by atoms with Crippen LogP contribution >= 0.6 is 11.6 Å². The largest absolute Gasteiger partial charge is 0.375 e. The monoisotopic (exact) mass is 304 g/mol. The Morgan fingerprint density at radius 2 is 1.86 bits per heavy atom. The van der Waals surface area contributed by atoms with Crippen LogP contribution in [-0.4, -0.2) is 4.92 Å². The van der Waals surface area contributed by atoms with E-state index >= 15 is 0 Å². The predicted octanol–water partition coefficient (Wildman–Crippen LogP) is 4.98. The number of hydrogen-bond donors (Lipinski definition) is 1. The van der Waals surface area contributed by atoms with E-state index in [-0.39, 0.29) is 10.7 Å². The predicted molar refractivity (Wildman–Crippen MR) is 86.0 cm³/mol. The van der Waals surface area contributed by atoms with Gasteiger partial charge < -0.3 is 5.32 Å². The molecule has 0 spiro atoms. The first-order valence-electron chi connectivity index (χ1n) is 6.74. The zero-order valence-electron chi connectivity index (χ0n) is 12.0. The number of nitrogens with zero attached hydrogens (tertiary/aromatic N) is 1. The Balaban J connectivity index is 2.13. The molecule has 0 aromatic heterocycles. The molecule has 0 saturated heterocycles. The van der Waals surface area contributed by atoms with Crippen LogP contribution in [0.2, 0.25) is 5.02 Å². The Morgan fingerprint density at radius 3 is 2.43 bits per heavy atom. The van der Waals surface area contributed by atoms with Gasteiger partial charge in [-0.05, 0) is 29.2 Å². The van der Waals surface area contributed by atoms with Crippen molar-refractivity contribution in [3.63, 3.8) is 0 Å². The van der Waals surface area contributed by atoms with Gasteiger partial charge in [-0.1, -0.05) is 55.8 Å². The van der Waals surface area contributed by atoms with Gasteiger partial charge >= 0.3 is 5.69 Å². The van der Waals surface area contributed by atoms with Gasteiger partial charge in [0, 0.05) is 6.54 Å². The van der Waals surface area contributed by atoms with Crippen molar-refractivity contribution in [1.82, 2.24) is 0 Å². The third kappa shape index (κ3) is 3.73. The molecular weight excluding hydrogens is 288 g/mol. The molecule has 0 bridgehead atoms. The van der Waals surface area contributed by atoms with Crippen LogP contribution in [0.1, 0.15) is 30.9 Å². The quantitative estimate of drug-likeness (QED) is 0.626. The van der Waals surface area contributed by atoms with Crippen LogP contribution < -0.4 is 5.32 Å². The average molecular weight is 305 g/mol. The minimum atomic E-state index is -0.466. The maximum Gasteiger partial charge on any atom is 0.310 e. The highest BCUT2D eigenvalue weighted by Gasteiger charge is 2.17. The molecule has 0 fully saturated rings. The summed E-state index contributed by atoms with van der Waals surface area (Å²) >= 11 is 5.88. The number of anilines is 1. The van der Waals surface area contributed by atoms with Crippen LogP contribution in [0, 0.1) is 10.1 Å². The lowest BCUT2D eigenvalue weighted by atomic mass is 10.0. The summed E-state index contributed by atoms with van der Waals surface area (Å²) < 4.78 is 0. The van der Waals surface area contributed by atoms with E-state index in [1.807, 2.05) is 12.1 Å². The second-order valence-corrected chi connectivity index (χ2v) is 5.55. The van der Waals surface area contributed by atoms with Gasteiger partial charge in [0.15, 0.2) is 0 Å². The molecule has 0 atom stereocenters. The Bertz CT molecular complexity index is 639. The summed E-state index contributed by atoms with van der Waals surface area (Å²) in [5.41, 5.74) is 2.68. The first-order valence-corrected chi connectivity index (χ1v) is 7.12. The SMILES string of the molecule is CC(C)c1ccc(CNc2cccc(Cl)c2[N+](=O)[O-])cc1. The molecule has 0 unspecified atom stereocenters. The molecule has 0 saturated carbocycles. The van der Waals surface area contributed by atoms with Crippen LogP contribution in [0.3, 0.4) is 0 Å². The van der Waals surface area contributed by atoms with Crippen molar-refractivity contribution >= 4 is 23.0 Å². The first-order chi connectivity index (χ1) is 9.99. The van der Waals surface area contributed by atoms with Crippen molar-refractivity contribution in [3.05, 3.63) is 68.7 Å². The van der Waals surface area contributed by atoms with Gasteiger partial charge in [-0.25, -0.2) is 0 Å². The van der Waals surface area contributed by atoms with E-state index in [9.17, 15) is 10.1 Å². The van der Waals surface area contributed by atoms with E-state index in [1.54, 1.807) is 12.1 Å². The van der Waals surface area contributed by atoms with Gasteiger partial charge in [-0.2, -0.15) is 0 Å². The minimum absolute atomic E-state index is 0.0852. The number of nitrogens with one attached hydrogen (secondary N) is 1. The first kappa shape index (κ1) is 15.3. The van der Waals surface area contributed by atoms with Gasteiger partial charge in [0.1, 0.15) is 10.7 Å². The van der Waals surface area contributed by atoms with Crippen molar-refractivity contribution in [3.8, 4) is 0 Å². The summed E-state index contributed by atoms with van der Waals surface area (Å²) in [7, 11) is 0. The average Bonchev–Trinajstić information content (AvgIpc) is 2.45. The summed E-state index contributed by atoms with van der Waals surface area (Å²) in [5, 5.41) is 14.3. The molecule has 21 heavy (non-hydrogen) atoms. The van der Waals surface area contributed by atoms with Gasteiger partial charge in [-0.3, -0.25) is 10.1 Å². The van der Waals surface area contributed by atoms with E-state index in [1.165, 1.54) is 11.6 Å². The summed E-state index contributed by atoms with van der Waals surface area (Å²) in [6, 6.07) is 13.1. The number of nitro groups is 1. The molecule has 4 nitrogen and oxygen atoms in total. The lowest BCUT2D eigenvalue weighted by Gasteiger charge is -2.10. The van der Waals surface area contributed by atoms with Gasteiger partial charge in [0.25, 0.3) is 0 Å². The number of hydrogen-bond acceptors (Lipinski definition) is 3. The third-order valence-corrected chi connectivity index (χ3v) is 3.60. The molecule has 5 heteroatoms. The highest BCUT2D eigenvalue weighted by Crippen LogP contribution is 2.32. The van der Waals surface area contributed by atoms with Crippen LogP contribution in [-0.2, 0) is 6.54 Å². The summed E-state index contributed by atoms with van der Waals surface area (Å²) in [6.45, 7) is 4.80. The van der Waals surface area contributed by atoms with Crippen LogP contribution in [0.4, 0.5) is 11.4 Å². The second kappa shape index (κ2) is 6.59. The summed E-state index contributed by atoms with van der Waals surface area (Å²) in [4.78, 5) is 10.6. The van der Waals surface area contributed by atoms with E-state index in [0.717, 1.165) is 5.56 Å². The normalized spacial score (nSPS) is 10.7. The molecule has 1 N–H and O–H groups in total. The molecule has 0 aliphatic carbocycles. The molecular formula is C16H17ClN2O2. The van der Waals surface area contributed by atoms with E-state index < -0.39 is 4.92 Å². The van der Waals surface area contributed by atoms with Crippen molar-refractivity contribution < 1.29 is 4.92 Å². The van der Waals surface area contributed by atoms with Crippen molar-refractivity contribution in [1.29, 1.82) is 0 Å². The Labute approximate surface area is 128 Å². The maximum absolute atomic E-state index is 11.1. The summed E-state index contributed by atoms with van der Waals surface area (Å²) in [5.74, 6) is 0.487. The molecule has 0 heterocycles. The van der Waals surface area contributed by atoms with Gasteiger partial charge in [0.2, 0.25) is 0 Å². The smallest absolute Gasteiger partial charge is 0.310 e. The van der Waals surface area contributed by atoms with Crippen molar-refractivity contribution in [2.45, 2.75) is 26.3 Å². The molecule has 0 radical (unpaired) electrons. The van der Waals surface area contributed by atoms with E-state index in [2.05, 4.69) is 31.3 Å². The number of nitro benzene ring substituents is 1. The van der Waals surface area contributed by atoms with E-state index in [0.29, 0.717) is 18.2 Å². The van der Waals surface area contributed by atoms with Crippen molar-refractivity contribution in [2.75, 3.05) is 5.32 Å². The fourth-order valence-electron chi connectivity index (χ4n) is 2.06. The van der Waals surface area contributed by atoms with Crippen molar-refractivity contribution in [2.24, 2.45) is 0 Å². The Kier molecular flexibility index (Phi) is 4.81. The van der Waals surface area contributed by atoms with Crippen LogP contribution in [0.25, 0.3) is 0 Å². The zero-order chi connectivity index (χ0) is 15.4. The second-order valence-electron chi connectivity index (χ2n) is 5.14. The molecule has 2 aromatic rings. The molecule has 2 rings (SSSR count). The van der Waals surface area contributed by atoms with E-state index in [4.69, 9.17) is 11.6 Å². The lowest BCUT2D eigenvalue weighted by molar-refractivity contribution is -0.383. The number of halogens is 1. The van der Waals surface area contributed by atoms with Gasteiger partial charge in [-0.15, -0.1) is 0 Å².